The van der Waals surface area contributed by atoms with Crippen molar-refractivity contribution in [1.82, 2.24) is 9.80 Å². The highest BCUT2D eigenvalue weighted by atomic mass is 16.2. The van der Waals surface area contributed by atoms with Crippen molar-refractivity contribution in [2.75, 3.05) is 36.8 Å². The molecule has 0 saturated carbocycles. The standard InChI is InChI=1S/C31H48N4O2/c1-22(2)18-34(19-23(3)4)30(36)32-28-13-9-26(10-14-28)17-27-11-15-29(16-12-27)33-31(37)35(20-24(5)6)21-25(7)8/h9-16,22-25H,17-21H2,1-8H3,(H,32,36)(H,33,37). The predicted octanol–water partition coefficient (Wildman–Crippen LogP) is 7.57. The average molecular weight is 509 g/mol. The molecule has 0 aliphatic carbocycles. The molecule has 2 aromatic carbocycles. The second-order valence-electron chi connectivity index (χ2n) is 11.8. The highest BCUT2D eigenvalue weighted by Gasteiger charge is 2.17. The summed E-state index contributed by atoms with van der Waals surface area (Å²) in [5.41, 5.74) is 3.93. The van der Waals surface area contributed by atoms with Crippen LogP contribution in [0.5, 0.6) is 0 Å². The zero-order valence-electron chi connectivity index (χ0n) is 24.2. The first kappa shape index (κ1) is 30.2. The van der Waals surface area contributed by atoms with Gasteiger partial charge in [-0.05, 0) is 65.5 Å². The van der Waals surface area contributed by atoms with Crippen molar-refractivity contribution in [3.05, 3.63) is 59.7 Å². The van der Waals surface area contributed by atoms with Gasteiger partial charge in [-0.2, -0.15) is 0 Å². The van der Waals surface area contributed by atoms with E-state index < -0.39 is 0 Å². The highest BCUT2D eigenvalue weighted by molar-refractivity contribution is 5.90. The van der Waals surface area contributed by atoms with Crippen molar-refractivity contribution in [2.24, 2.45) is 23.7 Å². The summed E-state index contributed by atoms with van der Waals surface area (Å²) in [6.45, 7) is 20.0. The van der Waals surface area contributed by atoms with Gasteiger partial charge >= 0.3 is 12.1 Å². The van der Waals surface area contributed by atoms with Gasteiger partial charge in [-0.15, -0.1) is 0 Å². The molecule has 37 heavy (non-hydrogen) atoms. The number of rotatable bonds is 12. The molecule has 2 rings (SSSR count). The summed E-state index contributed by atoms with van der Waals surface area (Å²) in [6.07, 6.45) is 0.780. The van der Waals surface area contributed by atoms with Crippen LogP contribution in [-0.2, 0) is 6.42 Å². The summed E-state index contributed by atoms with van der Waals surface area (Å²) in [4.78, 5) is 29.4. The topological polar surface area (TPSA) is 64.7 Å². The Morgan fingerprint density at radius 3 is 1.05 bits per heavy atom. The number of hydrogen-bond donors (Lipinski definition) is 2. The zero-order valence-corrected chi connectivity index (χ0v) is 24.2. The lowest BCUT2D eigenvalue weighted by Gasteiger charge is -2.26. The second-order valence-corrected chi connectivity index (χ2v) is 11.8. The molecule has 0 aromatic heterocycles. The fraction of sp³-hybridized carbons (Fsp3) is 0.548. The number of anilines is 2. The van der Waals surface area contributed by atoms with Gasteiger partial charge in [0, 0.05) is 37.6 Å². The van der Waals surface area contributed by atoms with Gasteiger partial charge in [0.15, 0.2) is 0 Å². The van der Waals surface area contributed by atoms with Gasteiger partial charge in [0.1, 0.15) is 0 Å². The molecular formula is C31H48N4O2. The van der Waals surface area contributed by atoms with E-state index in [0.717, 1.165) is 55.1 Å². The van der Waals surface area contributed by atoms with Crippen molar-refractivity contribution in [1.29, 1.82) is 0 Å². The maximum Gasteiger partial charge on any atom is 0.321 e. The molecule has 0 fully saturated rings. The number of nitrogens with zero attached hydrogens (tertiary/aromatic N) is 2. The molecule has 2 N–H and O–H groups in total. The van der Waals surface area contributed by atoms with E-state index in [1.165, 1.54) is 0 Å². The first-order valence-corrected chi connectivity index (χ1v) is 13.7. The number of carbonyl (C=O) groups is 2. The Hall–Kier alpha value is -3.02. The van der Waals surface area contributed by atoms with Gasteiger partial charge in [-0.3, -0.25) is 0 Å². The lowest BCUT2D eigenvalue weighted by molar-refractivity contribution is 0.196. The molecule has 0 saturated heterocycles. The van der Waals surface area contributed by atoms with Crippen molar-refractivity contribution in [2.45, 2.75) is 61.8 Å². The third-order valence-corrected chi connectivity index (χ3v) is 5.74. The molecule has 4 amide bonds. The van der Waals surface area contributed by atoms with E-state index >= 15 is 0 Å². The lowest BCUT2D eigenvalue weighted by Crippen LogP contribution is -2.39. The van der Waals surface area contributed by atoms with E-state index in [1.807, 2.05) is 34.1 Å². The molecule has 0 radical (unpaired) electrons. The summed E-state index contributed by atoms with van der Waals surface area (Å²) >= 11 is 0. The molecule has 0 unspecified atom stereocenters. The van der Waals surface area contributed by atoms with Gasteiger partial charge < -0.3 is 20.4 Å². The van der Waals surface area contributed by atoms with E-state index in [-0.39, 0.29) is 12.1 Å². The van der Waals surface area contributed by atoms with Crippen LogP contribution in [0.25, 0.3) is 0 Å². The minimum absolute atomic E-state index is 0.0480. The van der Waals surface area contributed by atoms with Crippen molar-refractivity contribution >= 4 is 23.4 Å². The largest absolute Gasteiger partial charge is 0.324 e. The maximum atomic E-state index is 12.8. The van der Waals surface area contributed by atoms with Gasteiger partial charge in [-0.1, -0.05) is 79.7 Å². The van der Waals surface area contributed by atoms with Crippen LogP contribution in [-0.4, -0.2) is 48.0 Å². The number of amides is 4. The lowest BCUT2D eigenvalue weighted by atomic mass is 10.0. The van der Waals surface area contributed by atoms with Crippen molar-refractivity contribution in [3.63, 3.8) is 0 Å². The Labute approximate surface area is 224 Å². The number of hydrogen-bond acceptors (Lipinski definition) is 2. The number of urea groups is 2. The summed E-state index contributed by atoms with van der Waals surface area (Å²) < 4.78 is 0. The normalized spacial score (nSPS) is 11.4. The summed E-state index contributed by atoms with van der Waals surface area (Å²) in [5, 5.41) is 6.09. The zero-order chi connectivity index (χ0) is 27.5. The Morgan fingerprint density at radius 2 is 0.811 bits per heavy atom. The van der Waals surface area contributed by atoms with E-state index in [4.69, 9.17) is 0 Å². The van der Waals surface area contributed by atoms with Crippen LogP contribution in [0.4, 0.5) is 21.0 Å². The fourth-order valence-electron chi connectivity index (χ4n) is 4.30. The Morgan fingerprint density at radius 1 is 0.541 bits per heavy atom. The molecule has 0 bridgehead atoms. The Bertz CT molecular complexity index is 866. The smallest absolute Gasteiger partial charge is 0.321 e. The first-order valence-electron chi connectivity index (χ1n) is 13.7. The number of benzene rings is 2. The summed E-state index contributed by atoms with van der Waals surface area (Å²) in [6, 6.07) is 16.0. The molecule has 0 aliphatic rings. The maximum absolute atomic E-state index is 12.8. The third-order valence-electron chi connectivity index (χ3n) is 5.74. The van der Waals surface area contributed by atoms with Gasteiger partial charge in [0.2, 0.25) is 0 Å². The molecule has 0 aliphatic heterocycles. The van der Waals surface area contributed by atoms with Crippen LogP contribution >= 0.6 is 0 Å². The van der Waals surface area contributed by atoms with Crippen LogP contribution in [0.3, 0.4) is 0 Å². The third kappa shape index (κ3) is 11.3. The van der Waals surface area contributed by atoms with Gasteiger partial charge in [-0.25, -0.2) is 9.59 Å². The number of carbonyl (C=O) groups excluding carboxylic acids is 2. The molecule has 0 spiro atoms. The van der Waals surface area contributed by atoms with Gasteiger partial charge in [0.05, 0.1) is 0 Å². The van der Waals surface area contributed by atoms with Crippen LogP contribution in [0, 0.1) is 23.7 Å². The second kappa shape index (κ2) is 14.7. The monoisotopic (exact) mass is 508 g/mol. The quantitative estimate of drug-likeness (QED) is 0.310. The molecule has 6 nitrogen and oxygen atoms in total. The number of nitrogens with one attached hydrogen (secondary N) is 2. The van der Waals surface area contributed by atoms with E-state index in [0.29, 0.717) is 23.7 Å². The molecular weight excluding hydrogens is 460 g/mol. The van der Waals surface area contributed by atoms with Crippen LogP contribution in [0.2, 0.25) is 0 Å². The first-order chi connectivity index (χ1) is 17.4. The highest BCUT2D eigenvalue weighted by Crippen LogP contribution is 2.18. The van der Waals surface area contributed by atoms with Crippen LogP contribution in [0.1, 0.15) is 66.5 Å². The van der Waals surface area contributed by atoms with Crippen molar-refractivity contribution in [3.8, 4) is 0 Å². The molecule has 0 atom stereocenters. The average Bonchev–Trinajstić information content (AvgIpc) is 2.79. The van der Waals surface area contributed by atoms with E-state index in [2.05, 4.69) is 90.3 Å². The van der Waals surface area contributed by atoms with E-state index in [1.54, 1.807) is 0 Å². The molecule has 2 aromatic rings. The summed E-state index contributed by atoms with van der Waals surface area (Å²) in [5.74, 6) is 1.69. The van der Waals surface area contributed by atoms with Gasteiger partial charge in [0.25, 0.3) is 0 Å². The summed E-state index contributed by atoms with van der Waals surface area (Å²) in [7, 11) is 0. The minimum atomic E-state index is -0.0480. The predicted molar refractivity (Wildman–Crippen MR) is 156 cm³/mol. The van der Waals surface area contributed by atoms with Crippen molar-refractivity contribution < 1.29 is 9.59 Å². The molecule has 204 valence electrons. The van der Waals surface area contributed by atoms with E-state index in [9.17, 15) is 9.59 Å². The SMILES string of the molecule is CC(C)CN(CC(C)C)C(=O)Nc1ccc(Cc2ccc(NC(=O)N(CC(C)C)CC(C)C)cc2)cc1. The molecule has 0 heterocycles. The van der Waals surface area contributed by atoms with Crippen LogP contribution in [0.15, 0.2) is 48.5 Å². The minimum Gasteiger partial charge on any atom is -0.324 e. The Balaban J connectivity index is 1.95. The fourth-order valence-corrected chi connectivity index (χ4v) is 4.30. The Kier molecular flexibility index (Phi) is 12.0. The molecule has 6 heteroatoms. The van der Waals surface area contributed by atoms with Crippen LogP contribution < -0.4 is 10.6 Å².